The highest BCUT2D eigenvalue weighted by Crippen LogP contribution is 2.11. The maximum Gasteiger partial charge on any atom is 0.161 e. The molecule has 0 fully saturated rings. The molecule has 0 aromatic heterocycles. The van der Waals surface area contributed by atoms with E-state index in [1.807, 2.05) is 0 Å². The Morgan fingerprint density at radius 2 is 2.33 bits per heavy atom. The quantitative estimate of drug-likeness (QED) is 0.527. The first kappa shape index (κ1) is 6.08. The zero-order valence-corrected chi connectivity index (χ0v) is 4.84. The first-order valence-electron chi connectivity index (χ1n) is 2.72. The average molecular weight is 126 g/mol. The van der Waals surface area contributed by atoms with Crippen molar-refractivity contribution in [2.24, 2.45) is 0 Å². The second-order valence-electron chi connectivity index (χ2n) is 1.77. The summed E-state index contributed by atoms with van der Waals surface area (Å²) in [7, 11) is 0. The zero-order valence-electron chi connectivity index (χ0n) is 4.84. The SMILES string of the molecule is OC1=CC=CCC=C1F. The van der Waals surface area contributed by atoms with Crippen LogP contribution in [0.15, 0.2) is 35.9 Å². The maximum absolute atomic E-state index is 12.3. The third kappa shape index (κ3) is 1.42. The lowest BCUT2D eigenvalue weighted by atomic mass is 10.3. The molecule has 0 aliphatic heterocycles. The van der Waals surface area contributed by atoms with Crippen molar-refractivity contribution in [2.45, 2.75) is 6.42 Å². The van der Waals surface area contributed by atoms with Crippen molar-refractivity contribution < 1.29 is 9.50 Å². The van der Waals surface area contributed by atoms with Crippen LogP contribution in [0.5, 0.6) is 0 Å². The molecule has 0 spiro atoms. The van der Waals surface area contributed by atoms with Crippen LogP contribution in [0.2, 0.25) is 0 Å². The molecule has 1 N–H and O–H groups in total. The van der Waals surface area contributed by atoms with Crippen LogP contribution in [-0.4, -0.2) is 5.11 Å². The first-order chi connectivity index (χ1) is 4.30. The molecule has 1 aliphatic carbocycles. The zero-order chi connectivity index (χ0) is 6.69. The number of halogens is 1. The Labute approximate surface area is 52.8 Å². The van der Waals surface area contributed by atoms with Gasteiger partial charge in [0, 0.05) is 0 Å². The molecule has 0 aromatic carbocycles. The summed E-state index contributed by atoms with van der Waals surface area (Å²) in [6.45, 7) is 0. The standard InChI is InChI=1S/C7H7FO/c8-6-4-2-1-3-5-7(6)9/h1,3-5,9H,2H2. The van der Waals surface area contributed by atoms with Gasteiger partial charge in [0.15, 0.2) is 11.6 Å². The van der Waals surface area contributed by atoms with Gasteiger partial charge in [0.2, 0.25) is 0 Å². The van der Waals surface area contributed by atoms with Crippen molar-refractivity contribution in [3.8, 4) is 0 Å². The summed E-state index contributed by atoms with van der Waals surface area (Å²) in [6, 6.07) is 0. The third-order valence-corrected chi connectivity index (χ3v) is 1.07. The minimum atomic E-state index is -0.542. The lowest BCUT2D eigenvalue weighted by molar-refractivity contribution is 0.389. The molecule has 1 rings (SSSR count). The molecule has 1 nitrogen and oxygen atoms in total. The van der Waals surface area contributed by atoms with Crippen molar-refractivity contribution in [3.63, 3.8) is 0 Å². The van der Waals surface area contributed by atoms with Gasteiger partial charge in [-0.3, -0.25) is 0 Å². The fraction of sp³-hybridized carbons (Fsp3) is 0.143. The van der Waals surface area contributed by atoms with E-state index in [1.54, 1.807) is 12.2 Å². The van der Waals surface area contributed by atoms with Crippen molar-refractivity contribution in [1.29, 1.82) is 0 Å². The molecular weight excluding hydrogens is 119 g/mol. The van der Waals surface area contributed by atoms with Gasteiger partial charge in [-0.25, -0.2) is 4.39 Å². The Morgan fingerprint density at radius 1 is 1.56 bits per heavy atom. The van der Waals surface area contributed by atoms with Gasteiger partial charge in [0.1, 0.15) is 0 Å². The highest BCUT2D eigenvalue weighted by Gasteiger charge is 1.99. The largest absolute Gasteiger partial charge is 0.505 e. The highest BCUT2D eigenvalue weighted by molar-refractivity contribution is 5.26. The van der Waals surface area contributed by atoms with Gasteiger partial charge in [-0.15, -0.1) is 0 Å². The molecule has 48 valence electrons. The molecule has 1 aliphatic rings. The number of hydrogen-bond acceptors (Lipinski definition) is 1. The van der Waals surface area contributed by atoms with Crippen LogP contribution in [0, 0.1) is 0 Å². The fourth-order valence-electron chi connectivity index (χ4n) is 0.593. The summed E-state index contributed by atoms with van der Waals surface area (Å²) in [5.41, 5.74) is 0. The number of rotatable bonds is 0. The molecule has 0 saturated heterocycles. The molecule has 0 unspecified atom stereocenters. The van der Waals surface area contributed by atoms with Gasteiger partial charge >= 0.3 is 0 Å². The summed E-state index contributed by atoms with van der Waals surface area (Å²) in [6.07, 6.45) is 6.60. The Balaban J connectivity index is 2.85. The van der Waals surface area contributed by atoms with Gasteiger partial charge in [0.25, 0.3) is 0 Å². The van der Waals surface area contributed by atoms with Crippen LogP contribution >= 0.6 is 0 Å². The van der Waals surface area contributed by atoms with E-state index in [2.05, 4.69) is 0 Å². The molecule has 9 heavy (non-hydrogen) atoms. The Kier molecular flexibility index (Phi) is 1.68. The minimum Gasteiger partial charge on any atom is -0.505 e. The number of aliphatic hydroxyl groups excluding tert-OH is 1. The molecule has 0 bridgehead atoms. The Hall–Kier alpha value is -1.05. The van der Waals surface area contributed by atoms with Crippen LogP contribution in [0.3, 0.4) is 0 Å². The lowest BCUT2D eigenvalue weighted by Crippen LogP contribution is -1.77. The van der Waals surface area contributed by atoms with Gasteiger partial charge in [-0.1, -0.05) is 12.2 Å². The van der Waals surface area contributed by atoms with E-state index in [9.17, 15) is 4.39 Å². The monoisotopic (exact) mass is 126 g/mol. The molecule has 0 atom stereocenters. The number of hydrogen-bond donors (Lipinski definition) is 1. The molecular formula is C7H7FO. The van der Waals surface area contributed by atoms with E-state index in [-0.39, 0.29) is 5.76 Å². The van der Waals surface area contributed by atoms with Crippen LogP contribution in [0.4, 0.5) is 4.39 Å². The molecule has 0 aromatic rings. The predicted octanol–water partition coefficient (Wildman–Crippen LogP) is 2.24. The predicted molar refractivity (Wildman–Crippen MR) is 33.7 cm³/mol. The topological polar surface area (TPSA) is 20.2 Å². The molecule has 0 heterocycles. The highest BCUT2D eigenvalue weighted by atomic mass is 19.1. The second kappa shape index (κ2) is 2.49. The summed E-state index contributed by atoms with van der Waals surface area (Å²) < 4.78 is 12.3. The van der Waals surface area contributed by atoms with Crippen molar-refractivity contribution >= 4 is 0 Å². The van der Waals surface area contributed by atoms with Gasteiger partial charge in [0.05, 0.1) is 0 Å². The van der Waals surface area contributed by atoms with Crippen LogP contribution in [0.25, 0.3) is 0 Å². The van der Waals surface area contributed by atoms with Crippen LogP contribution in [-0.2, 0) is 0 Å². The normalized spacial score (nSPS) is 18.3. The molecule has 0 saturated carbocycles. The van der Waals surface area contributed by atoms with Crippen molar-refractivity contribution in [2.75, 3.05) is 0 Å². The van der Waals surface area contributed by atoms with E-state index < -0.39 is 5.83 Å². The molecule has 2 heteroatoms. The minimum absolute atomic E-state index is 0.288. The first-order valence-corrected chi connectivity index (χ1v) is 2.72. The molecule has 0 amide bonds. The number of aliphatic hydroxyl groups is 1. The fourth-order valence-corrected chi connectivity index (χ4v) is 0.593. The Bertz CT molecular complexity index is 189. The van der Waals surface area contributed by atoms with E-state index >= 15 is 0 Å². The van der Waals surface area contributed by atoms with E-state index in [4.69, 9.17) is 5.11 Å². The van der Waals surface area contributed by atoms with Gasteiger partial charge in [-0.2, -0.15) is 0 Å². The van der Waals surface area contributed by atoms with Gasteiger partial charge in [-0.05, 0) is 18.6 Å². The third-order valence-electron chi connectivity index (χ3n) is 1.07. The summed E-state index contributed by atoms with van der Waals surface area (Å²) in [5.74, 6) is -0.830. The smallest absolute Gasteiger partial charge is 0.161 e. The second-order valence-corrected chi connectivity index (χ2v) is 1.77. The summed E-state index contributed by atoms with van der Waals surface area (Å²) in [4.78, 5) is 0. The molecule has 0 radical (unpaired) electrons. The Morgan fingerprint density at radius 3 is 3.11 bits per heavy atom. The number of allylic oxidation sites excluding steroid dienone is 5. The van der Waals surface area contributed by atoms with E-state index in [1.165, 1.54) is 12.2 Å². The summed E-state index contributed by atoms with van der Waals surface area (Å²) in [5, 5.41) is 8.72. The van der Waals surface area contributed by atoms with Crippen LogP contribution < -0.4 is 0 Å². The van der Waals surface area contributed by atoms with Gasteiger partial charge < -0.3 is 5.11 Å². The van der Waals surface area contributed by atoms with Crippen molar-refractivity contribution in [1.82, 2.24) is 0 Å². The lowest BCUT2D eigenvalue weighted by Gasteiger charge is -1.89. The summed E-state index contributed by atoms with van der Waals surface area (Å²) >= 11 is 0. The van der Waals surface area contributed by atoms with Crippen LogP contribution in [0.1, 0.15) is 6.42 Å². The van der Waals surface area contributed by atoms with E-state index in [0.717, 1.165) is 0 Å². The average Bonchev–Trinajstić information content (AvgIpc) is 1.99. The van der Waals surface area contributed by atoms with E-state index in [0.29, 0.717) is 6.42 Å². The maximum atomic E-state index is 12.3. The van der Waals surface area contributed by atoms with Crippen molar-refractivity contribution in [3.05, 3.63) is 35.9 Å².